The molecule has 1 atom stereocenters. The summed E-state index contributed by atoms with van der Waals surface area (Å²) in [5.74, 6) is 1.73. The SMILES string of the molecule is CN1CCCC(c2noc(CCO)n2)C1. The highest BCUT2D eigenvalue weighted by molar-refractivity contribution is 4.98. The monoisotopic (exact) mass is 211 g/mol. The smallest absolute Gasteiger partial charge is 0.228 e. The molecule has 5 nitrogen and oxygen atoms in total. The fourth-order valence-electron chi connectivity index (χ4n) is 2.01. The fourth-order valence-corrected chi connectivity index (χ4v) is 2.01. The third-order valence-corrected chi connectivity index (χ3v) is 2.80. The summed E-state index contributed by atoms with van der Waals surface area (Å²) in [5.41, 5.74) is 0. The first-order valence-corrected chi connectivity index (χ1v) is 5.41. The van der Waals surface area contributed by atoms with Crippen LogP contribution in [-0.2, 0) is 6.42 Å². The lowest BCUT2D eigenvalue weighted by atomic mass is 9.98. The van der Waals surface area contributed by atoms with Gasteiger partial charge in [0.25, 0.3) is 0 Å². The van der Waals surface area contributed by atoms with Crippen molar-refractivity contribution < 1.29 is 9.63 Å². The Bertz CT molecular complexity index is 313. The molecule has 84 valence electrons. The van der Waals surface area contributed by atoms with E-state index in [4.69, 9.17) is 9.63 Å². The molecule has 1 saturated heterocycles. The summed E-state index contributed by atoms with van der Waals surface area (Å²) >= 11 is 0. The molecule has 0 spiro atoms. The van der Waals surface area contributed by atoms with E-state index in [9.17, 15) is 0 Å². The van der Waals surface area contributed by atoms with Gasteiger partial charge in [0.1, 0.15) is 0 Å². The summed E-state index contributed by atoms with van der Waals surface area (Å²) in [6.45, 7) is 2.21. The molecule has 1 N–H and O–H groups in total. The lowest BCUT2D eigenvalue weighted by molar-refractivity contribution is 0.241. The molecule has 5 heteroatoms. The second kappa shape index (κ2) is 4.72. The van der Waals surface area contributed by atoms with Gasteiger partial charge in [-0.25, -0.2) is 0 Å². The Hall–Kier alpha value is -0.940. The maximum absolute atomic E-state index is 8.75. The van der Waals surface area contributed by atoms with Gasteiger partial charge >= 0.3 is 0 Å². The van der Waals surface area contributed by atoms with Crippen LogP contribution in [-0.4, -0.2) is 46.9 Å². The zero-order valence-electron chi connectivity index (χ0n) is 9.02. The number of aliphatic hydroxyl groups excluding tert-OH is 1. The molecule has 0 radical (unpaired) electrons. The van der Waals surface area contributed by atoms with Gasteiger partial charge in [0, 0.05) is 12.5 Å². The van der Waals surface area contributed by atoms with Crippen LogP contribution in [0.25, 0.3) is 0 Å². The second-order valence-corrected chi connectivity index (χ2v) is 4.12. The molecule has 2 rings (SSSR count). The number of hydrogen-bond acceptors (Lipinski definition) is 5. The molecular formula is C10H17N3O2. The topological polar surface area (TPSA) is 62.4 Å². The number of likely N-dealkylation sites (tertiary alicyclic amines) is 1. The average Bonchev–Trinajstić information content (AvgIpc) is 2.67. The van der Waals surface area contributed by atoms with Crippen molar-refractivity contribution in [1.29, 1.82) is 0 Å². The van der Waals surface area contributed by atoms with E-state index < -0.39 is 0 Å². The van der Waals surface area contributed by atoms with Gasteiger partial charge in [0.15, 0.2) is 5.82 Å². The zero-order valence-corrected chi connectivity index (χ0v) is 9.02. The molecule has 15 heavy (non-hydrogen) atoms. The molecule has 1 aromatic rings. The van der Waals surface area contributed by atoms with Gasteiger partial charge in [-0.05, 0) is 26.4 Å². The van der Waals surface area contributed by atoms with Crippen molar-refractivity contribution in [2.24, 2.45) is 0 Å². The maximum atomic E-state index is 8.75. The minimum absolute atomic E-state index is 0.0617. The number of hydrogen-bond donors (Lipinski definition) is 1. The summed E-state index contributed by atoms with van der Waals surface area (Å²) in [6, 6.07) is 0. The van der Waals surface area contributed by atoms with E-state index in [1.165, 1.54) is 6.42 Å². The lowest BCUT2D eigenvalue weighted by Crippen LogP contribution is -2.31. The Kier molecular flexibility index (Phi) is 3.33. The summed E-state index contributed by atoms with van der Waals surface area (Å²) in [5, 5.41) is 12.7. The molecular weight excluding hydrogens is 194 g/mol. The Balaban J connectivity index is 2.01. The van der Waals surface area contributed by atoms with Gasteiger partial charge < -0.3 is 14.5 Å². The predicted molar refractivity (Wildman–Crippen MR) is 54.6 cm³/mol. The zero-order chi connectivity index (χ0) is 10.7. The van der Waals surface area contributed by atoms with E-state index in [2.05, 4.69) is 22.1 Å². The van der Waals surface area contributed by atoms with Crippen LogP contribution in [0.5, 0.6) is 0 Å². The largest absolute Gasteiger partial charge is 0.396 e. The molecule has 1 unspecified atom stereocenters. The number of rotatable bonds is 3. The van der Waals surface area contributed by atoms with Gasteiger partial charge in [0.05, 0.1) is 13.0 Å². The van der Waals surface area contributed by atoms with Crippen molar-refractivity contribution in [3.8, 4) is 0 Å². The van der Waals surface area contributed by atoms with Crippen molar-refractivity contribution >= 4 is 0 Å². The highest BCUT2D eigenvalue weighted by atomic mass is 16.5. The second-order valence-electron chi connectivity index (χ2n) is 4.12. The third-order valence-electron chi connectivity index (χ3n) is 2.80. The van der Waals surface area contributed by atoms with E-state index in [1.54, 1.807) is 0 Å². The van der Waals surface area contributed by atoms with Gasteiger partial charge in [-0.1, -0.05) is 5.16 Å². The van der Waals surface area contributed by atoms with Gasteiger partial charge in [-0.15, -0.1) is 0 Å². The summed E-state index contributed by atoms with van der Waals surface area (Å²) in [7, 11) is 2.11. The summed E-state index contributed by atoms with van der Waals surface area (Å²) in [6.07, 6.45) is 2.77. The molecule has 0 aliphatic carbocycles. The van der Waals surface area contributed by atoms with Crippen molar-refractivity contribution in [1.82, 2.24) is 15.0 Å². The Morgan fingerprint density at radius 1 is 1.60 bits per heavy atom. The molecule has 1 aromatic heterocycles. The molecule has 0 bridgehead atoms. The van der Waals surface area contributed by atoms with Crippen LogP contribution in [0.15, 0.2) is 4.52 Å². The highest BCUT2D eigenvalue weighted by Crippen LogP contribution is 2.23. The standard InChI is InChI=1S/C10H17N3O2/c1-13-5-2-3-8(7-13)10-11-9(4-6-14)15-12-10/h8,14H,2-7H2,1H3. The Morgan fingerprint density at radius 3 is 3.20 bits per heavy atom. The van der Waals surface area contributed by atoms with Gasteiger partial charge in [-0.3, -0.25) is 0 Å². The van der Waals surface area contributed by atoms with Crippen LogP contribution in [0.3, 0.4) is 0 Å². The van der Waals surface area contributed by atoms with Crippen molar-refractivity contribution in [3.05, 3.63) is 11.7 Å². The van der Waals surface area contributed by atoms with E-state index >= 15 is 0 Å². The van der Waals surface area contributed by atoms with E-state index in [0.717, 1.165) is 25.3 Å². The Labute approximate surface area is 89.1 Å². The fraction of sp³-hybridized carbons (Fsp3) is 0.800. The molecule has 1 aliphatic rings. The number of aromatic nitrogens is 2. The first-order chi connectivity index (χ1) is 7.29. The maximum Gasteiger partial charge on any atom is 0.228 e. The van der Waals surface area contributed by atoms with E-state index in [0.29, 0.717) is 18.2 Å². The molecule has 2 heterocycles. The summed E-state index contributed by atoms with van der Waals surface area (Å²) < 4.78 is 5.05. The Morgan fingerprint density at radius 2 is 2.47 bits per heavy atom. The van der Waals surface area contributed by atoms with E-state index in [1.807, 2.05) is 0 Å². The van der Waals surface area contributed by atoms with Crippen LogP contribution in [0.2, 0.25) is 0 Å². The first-order valence-electron chi connectivity index (χ1n) is 5.41. The highest BCUT2D eigenvalue weighted by Gasteiger charge is 2.23. The van der Waals surface area contributed by atoms with Crippen LogP contribution in [0.1, 0.15) is 30.5 Å². The minimum Gasteiger partial charge on any atom is -0.396 e. The quantitative estimate of drug-likeness (QED) is 0.784. The van der Waals surface area contributed by atoms with Gasteiger partial charge in [-0.2, -0.15) is 4.98 Å². The molecule has 1 fully saturated rings. The normalized spacial score (nSPS) is 23.2. The van der Waals surface area contributed by atoms with Crippen molar-refractivity contribution in [2.45, 2.75) is 25.2 Å². The van der Waals surface area contributed by atoms with Crippen molar-refractivity contribution in [3.63, 3.8) is 0 Å². The van der Waals surface area contributed by atoms with E-state index in [-0.39, 0.29) is 6.61 Å². The van der Waals surface area contributed by atoms with Crippen LogP contribution >= 0.6 is 0 Å². The summed E-state index contributed by atoms with van der Waals surface area (Å²) in [4.78, 5) is 6.58. The predicted octanol–water partition coefficient (Wildman–Crippen LogP) is 0.414. The molecule has 0 amide bonds. The lowest BCUT2D eigenvalue weighted by Gasteiger charge is -2.27. The first kappa shape index (κ1) is 10.6. The van der Waals surface area contributed by atoms with Crippen LogP contribution in [0.4, 0.5) is 0 Å². The number of piperidine rings is 1. The number of aliphatic hydroxyl groups is 1. The minimum atomic E-state index is 0.0617. The molecule has 0 aromatic carbocycles. The van der Waals surface area contributed by atoms with Gasteiger partial charge in [0.2, 0.25) is 5.89 Å². The van der Waals surface area contributed by atoms with Crippen LogP contribution < -0.4 is 0 Å². The number of likely N-dealkylation sites (N-methyl/N-ethyl adjacent to an activating group) is 1. The number of nitrogens with zero attached hydrogens (tertiary/aromatic N) is 3. The average molecular weight is 211 g/mol. The third kappa shape index (κ3) is 2.54. The molecule has 1 aliphatic heterocycles. The molecule has 0 saturated carbocycles. The van der Waals surface area contributed by atoms with Crippen molar-refractivity contribution in [2.75, 3.05) is 26.7 Å². The van der Waals surface area contributed by atoms with Crippen LogP contribution in [0, 0.1) is 0 Å².